The monoisotopic (exact) mass is 241 g/mol. The zero-order valence-electron chi connectivity index (χ0n) is 10.6. The fourth-order valence-corrected chi connectivity index (χ4v) is 2.58. The van der Waals surface area contributed by atoms with Gasteiger partial charge in [0.05, 0.1) is 17.4 Å². The fraction of sp³-hybridized carbons (Fsp3) is 0.533. The Morgan fingerprint density at radius 2 is 2.11 bits per heavy atom. The van der Waals surface area contributed by atoms with Gasteiger partial charge in [-0.05, 0) is 56.3 Å². The van der Waals surface area contributed by atoms with Crippen molar-refractivity contribution in [3.8, 4) is 0 Å². The van der Waals surface area contributed by atoms with Gasteiger partial charge >= 0.3 is 0 Å². The molecule has 0 bridgehead atoms. The number of imidazole rings is 1. The van der Waals surface area contributed by atoms with Crippen LogP contribution in [0.15, 0.2) is 24.5 Å². The average molecular weight is 241 g/mol. The summed E-state index contributed by atoms with van der Waals surface area (Å²) in [4.78, 5) is 4.54. The molecule has 0 aliphatic heterocycles. The van der Waals surface area contributed by atoms with E-state index in [0.29, 0.717) is 0 Å². The van der Waals surface area contributed by atoms with Gasteiger partial charge in [0.25, 0.3) is 0 Å². The predicted molar refractivity (Wildman–Crippen MR) is 72.7 cm³/mol. The molecule has 18 heavy (non-hydrogen) atoms. The van der Waals surface area contributed by atoms with Crippen LogP contribution in [0.25, 0.3) is 11.0 Å². The minimum atomic E-state index is 0.720. The van der Waals surface area contributed by atoms with Crippen LogP contribution in [0.4, 0.5) is 0 Å². The Morgan fingerprint density at radius 1 is 1.22 bits per heavy atom. The van der Waals surface area contributed by atoms with Gasteiger partial charge in [0.2, 0.25) is 0 Å². The highest BCUT2D eigenvalue weighted by molar-refractivity contribution is 5.76. The van der Waals surface area contributed by atoms with E-state index in [4.69, 9.17) is 0 Å². The van der Waals surface area contributed by atoms with Crippen molar-refractivity contribution in [3.05, 3.63) is 30.1 Å². The third kappa shape index (κ3) is 2.03. The van der Waals surface area contributed by atoms with Crippen LogP contribution < -0.4 is 5.32 Å². The molecule has 3 nitrogen and oxygen atoms in total. The van der Waals surface area contributed by atoms with Crippen molar-refractivity contribution in [2.45, 2.75) is 44.2 Å². The minimum absolute atomic E-state index is 0.720. The van der Waals surface area contributed by atoms with E-state index in [9.17, 15) is 0 Å². The third-order valence-electron chi connectivity index (χ3n) is 4.00. The van der Waals surface area contributed by atoms with Crippen molar-refractivity contribution in [1.82, 2.24) is 14.9 Å². The minimum Gasteiger partial charge on any atom is -0.327 e. The first-order valence-electron chi connectivity index (χ1n) is 7.09. The van der Waals surface area contributed by atoms with Gasteiger partial charge in [-0.15, -0.1) is 0 Å². The van der Waals surface area contributed by atoms with Crippen molar-refractivity contribution in [3.63, 3.8) is 0 Å². The molecule has 0 spiro atoms. The highest BCUT2D eigenvalue weighted by atomic mass is 15.1. The van der Waals surface area contributed by atoms with Crippen molar-refractivity contribution >= 4 is 11.0 Å². The van der Waals surface area contributed by atoms with Crippen LogP contribution in [0.3, 0.4) is 0 Å². The summed E-state index contributed by atoms with van der Waals surface area (Å²) in [6.07, 6.45) is 8.49. The molecule has 4 rings (SSSR count). The van der Waals surface area contributed by atoms with Crippen LogP contribution in [0, 0.1) is 0 Å². The van der Waals surface area contributed by atoms with Crippen molar-refractivity contribution in [2.75, 3.05) is 6.54 Å². The first kappa shape index (κ1) is 10.6. The number of rotatable bonds is 5. The first-order valence-corrected chi connectivity index (χ1v) is 7.09. The van der Waals surface area contributed by atoms with Crippen LogP contribution >= 0.6 is 0 Å². The van der Waals surface area contributed by atoms with Gasteiger partial charge in [-0.25, -0.2) is 4.98 Å². The van der Waals surface area contributed by atoms with Gasteiger partial charge in [0.15, 0.2) is 0 Å². The summed E-state index contributed by atoms with van der Waals surface area (Å²) >= 11 is 0. The molecule has 2 aliphatic carbocycles. The molecule has 2 aliphatic rings. The van der Waals surface area contributed by atoms with E-state index in [1.54, 1.807) is 0 Å². The molecule has 1 heterocycles. The first-order chi connectivity index (χ1) is 8.90. The summed E-state index contributed by atoms with van der Waals surface area (Å²) in [6.45, 7) is 1.10. The van der Waals surface area contributed by atoms with Crippen LogP contribution in [-0.4, -0.2) is 22.1 Å². The van der Waals surface area contributed by atoms with Gasteiger partial charge in [0.1, 0.15) is 0 Å². The maximum absolute atomic E-state index is 4.54. The molecule has 0 unspecified atom stereocenters. The molecule has 0 saturated heterocycles. The summed E-state index contributed by atoms with van der Waals surface area (Å²) in [5.41, 5.74) is 3.86. The summed E-state index contributed by atoms with van der Waals surface area (Å²) < 4.78 is 2.33. The lowest BCUT2D eigenvalue weighted by Gasteiger charge is -2.04. The summed E-state index contributed by atoms with van der Waals surface area (Å²) in [7, 11) is 0. The van der Waals surface area contributed by atoms with Crippen molar-refractivity contribution in [1.29, 1.82) is 0 Å². The average Bonchev–Trinajstić information content (AvgIpc) is 3.29. The van der Waals surface area contributed by atoms with E-state index in [2.05, 4.69) is 33.1 Å². The molecule has 1 N–H and O–H groups in total. The number of hydrogen-bond donors (Lipinski definition) is 1. The lowest BCUT2D eigenvalue weighted by Crippen LogP contribution is -2.19. The van der Waals surface area contributed by atoms with Crippen LogP contribution in [0.1, 0.15) is 37.3 Å². The van der Waals surface area contributed by atoms with E-state index in [1.165, 1.54) is 36.8 Å². The quantitative estimate of drug-likeness (QED) is 0.872. The van der Waals surface area contributed by atoms with Crippen LogP contribution in [0.2, 0.25) is 0 Å². The number of benzene rings is 1. The van der Waals surface area contributed by atoms with E-state index in [1.807, 2.05) is 6.33 Å². The zero-order valence-corrected chi connectivity index (χ0v) is 10.6. The molecule has 3 heteroatoms. The fourth-order valence-electron chi connectivity index (χ4n) is 2.58. The van der Waals surface area contributed by atoms with Crippen molar-refractivity contribution in [2.24, 2.45) is 0 Å². The van der Waals surface area contributed by atoms with Gasteiger partial charge < -0.3 is 9.88 Å². The zero-order chi connectivity index (χ0) is 11.9. The largest absolute Gasteiger partial charge is 0.327 e. The Labute approximate surface area is 107 Å². The Morgan fingerprint density at radius 3 is 2.89 bits per heavy atom. The van der Waals surface area contributed by atoms with Gasteiger partial charge in [-0.2, -0.15) is 0 Å². The number of nitrogens with zero attached hydrogens (tertiary/aromatic N) is 2. The molecular formula is C15H19N3. The Bertz CT molecular complexity index is 564. The molecule has 94 valence electrons. The standard InChI is InChI=1S/C15H19N3/c1-6-15-14(17-10-18(15)13-4-5-13)9-11(1)7-8-16-12-2-3-12/h1,6,9-10,12-13,16H,2-5,7-8H2. The molecule has 2 aromatic rings. The normalized spacial score (nSPS) is 19.6. The summed E-state index contributed by atoms with van der Waals surface area (Å²) in [6, 6.07) is 8.29. The van der Waals surface area contributed by atoms with Gasteiger partial charge in [-0.3, -0.25) is 0 Å². The SMILES string of the molecule is c1cc2c(cc1CCNC1CC1)ncn2C1CC1. The van der Waals surface area contributed by atoms with E-state index >= 15 is 0 Å². The lowest BCUT2D eigenvalue weighted by molar-refractivity contribution is 0.682. The number of hydrogen-bond acceptors (Lipinski definition) is 2. The van der Waals surface area contributed by atoms with Crippen LogP contribution in [-0.2, 0) is 6.42 Å². The predicted octanol–water partition coefficient (Wildman–Crippen LogP) is 2.67. The second-order valence-corrected chi connectivity index (χ2v) is 5.68. The summed E-state index contributed by atoms with van der Waals surface area (Å²) in [5, 5.41) is 3.56. The highest BCUT2D eigenvalue weighted by Gasteiger charge is 2.24. The van der Waals surface area contributed by atoms with Crippen LogP contribution in [0.5, 0.6) is 0 Å². The summed E-state index contributed by atoms with van der Waals surface area (Å²) in [5.74, 6) is 0. The molecule has 2 fully saturated rings. The molecular weight excluding hydrogens is 222 g/mol. The van der Waals surface area contributed by atoms with Gasteiger partial charge in [-0.1, -0.05) is 6.07 Å². The van der Waals surface area contributed by atoms with Gasteiger partial charge in [0, 0.05) is 12.1 Å². The highest BCUT2D eigenvalue weighted by Crippen LogP contribution is 2.37. The smallest absolute Gasteiger partial charge is 0.0960 e. The molecule has 0 amide bonds. The molecule has 0 atom stereocenters. The maximum atomic E-state index is 4.54. The maximum Gasteiger partial charge on any atom is 0.0960 e. The molecule has 1 aromatic carbocycles. The topological polar surface area (TPSA) is 29.9 Å². The molecule has 0 radical (unpaired) electrons. The second kappa shape index (κ2) is 4.09. The second-order valence-electron chi connectivity index (χ2n) is 5.68. The number of aromatic nitrogens is 2. The lowest BCUT2D eigenvalue weighted by atomic mass is 10.1. The molecule has 2 saturated carbocycles. The van der Waals surface area contributed by atoms with E-state index in [-0.39, 0.29) is 0 Å². The Hall–Kier alpha value is -1.35. The number of fused-ring (bicyclic) bond motifs is 1. The number of nitrogens with one attached hydrogen (secondary N) is 1. The van der Waals surface area contributed by atoms with Crippen molar-refractivity contribution < 1.29 is 0 Å². The Balaban J connectivity index is 1.51. The van der Waals surface area contributed by atoms with E-state index < -0.39 is 0 Å². The third-order valence-corrected chi connectivity index (χ3v) is 4.00. The Kier molecular flexibility index (Phi) is 2.40. The van der Waals surface area contributed by atoms with E-state index in [0.717, 1.165) is 30.6 Å². The molecule has 1 aromatic heterocycles.